The first-order chi connectivity index (χ1) is 8.17. The predicted molar refractivity (Wildman–Crippen MR) is 69.9 cm³/mol. The highest BCUT2D eigenvalue weighted by molar-refractivity contribution is 7.84. The van der Waals surface area contributed by atoms with E-state index in [-0.39, 0.29) is 5.75 Å². The minimum atomic E-state index is -0.740. The van der Waals surface area contributed by atoms with Gasteiger partial charge in [-0.1, -0.05) is 13.0 Å². The molecule has 1 aromatic carbocycles. The van der Waals surface area contributed by atoms with Gasteiger partial charge in [-0.05, 0) is 6.07 Å². The summed E-state index contributed by atoms with van der Waals surface area (Å²) in [5.41, 5.74) is 0.813. The van der Waals surface area contributed by atoms with Crippen molar-refractivity contribution in [3.63, 3.8) is 0 Å². The van der Waals surface area contributed by atoms with Gasteiger partial charge in [-0.3, -0.25) is 4.21 Å². The summed E-state index contributed by atoms with van der Waals surface area (Å²) in [6.45, 7) is 3.16. The highest BCUT2D eigenvalue weighted by atomic mass is 32.2. The molecular formula is C12H19NO3S. The van der Waals surface area contributed by atoms with Crippen LogP contribution in [0.3, 0.4) is 0 Å². The van der Waals surface area contributed by atoms with Crippen molar-refractivity contribution in [1.82, 2.24) is 5.32 Å². The van der Waals surface area contributed by atoms with Gasteiger partial charge in [-0.2, -0.15) is 0 Å². The van der Waals surface area contributed by atoms with Crippen LogP contribution in [-0.4, -0.2) is 34.5 Å². The van der Waals surface area contributed by atoms with Crippen molar-refractivity contribution in [1.29, 1.82) is 0 Å². The number of phenols is 1. The molecule has 0 spiro atoms. The molecule has 0 fully saturated rings. The number of hydrogen-bond donors (Lipinski definition) is 2. The third-order valence-corrected chi connectivity index (χ3v) is 3.74. The summed E-state index contributed by atoms with van der Waals surface area (Å²) in [4.78, 5) is 0. The Labute approximate surface area is 104 Å². The predicted octanol–water partition coefficient (Wildman–Crippen LogP) is 1.26. The fourth-order valence-corrected chi connectivity index (χ4v) is 2.03. The van der Waals surface area contributed by atoms with Gasteiger partial charge in [0.05, 0.1) is 7.11 Å². The van der Waals surface area contributed by atoms with Crippen LogP contribution >= 0.6 is 0 Å². The Morgan fingerprint density at radius 1 is 1.47 bits per heavy atom. The highest BCUT2D eigenvalue weighted by Gasteiger charge is 2.03. The third kappa shape index (κ3) is 4.75. The van der Waals surface area contributed by atoms with E-state index in [1.54, 1.807) is 19.2 Å². The van der Waals surface area contributed by atoms with Crippen LogP contribution in [0.4, 0.5) is 0 Å². The average molecular weight is 257 g/mol. The molecule has 0 bridgehead atoms. The normalized spacial score (nSPS) is 12.4. The number of hydrogen-bond acceptors (Lipinski definition) is 4. The fraction of sp³-hybridized carbons (Fsp3) is 0.500. The molecule has 0 saturated carbocycles. The zero-order valence-electron chi connectivity index (χ0n) is 10.2. The Hall–Kier alpha value is -1.07. The Bertz CT molecular complexity index is 382. The quantitative estimate of drug-likeness (QED) is 0.722. The number of phenolic OH excluding ortho intramolecular Hbond substituents is 1. The largest absolute Gasteiger partial charge is 0.507 e. The lowest BCUT2D eigenvalue weighted by Crippen LogP contribution is -2.20. The second kappa shape index (κ2) is 7.29. The van der Waals surface area contributed by atoms with Crippen LogP contribution in [0.5, 0.6) is 11.5 Å². The summed E-state index contributed by atoms with van der Waals surface area (Å²) in [5.74, 6) is 2.19. The van der Waals surface area contributed by atoms with E-state index in [9.17, 15) is 9.32 Å². The molecule has 96 valence electrons. The Kier molecular flexibility index (Phi) is 6.00. The summed E-state index contributed by atoms with van der Waals surface area (Å²) < 4.78 is 16.2. The molecular weight excluding hydrogens is 238 g/mol. The molecule has 2 N–H and O–H groups in total. The van der Waals surface area contributed by atoms with Gasteiger partial charge < -0.3 is 15.2 Å². The van der Waals surface area contributed by atoms with Crippen LogP contribution in [0.25, 0.3) is 0 Å². The lowest BCUT2D eigenvalue weighted by Gasteiger charge is -2.08. The first-order valence-electron chi connectivity index (χ1n) is 5.59. The molecule has 4 nitrogen and oxygen atoms in total. The number of nitrogens with one attached hydrogen (secondary N) is 1. The molecule has 1 aromatic rings. The van der Waals surface area contributed by atoms with Gasteiger partial charge >= 0.3 is 0 Å². The minimum Gasteiger partial charge on any atom is -0.507 e. The van der Waals surface area contributed by atoms with Crippen LogP contribution in [0.2, 0.25) is 0 Å². The molecule has 0 aliphatic heterocycles. The van der Waals surface area contributed by atoms with Gasteiger partial charge in [0.2, 0.25) is 0 Å². The van der Waals surface area contributed by atoms with Crippen molar-refractivity contribution >= 4 is 10.8 Å². The molecule has 0 aliphatic rings. The van der Waals surface area contributed by atoms with E-state index in [1.807, 2.05) is 13.0 Å². The van der Waals surface area contributed by atoms with Crippen LogP contribution in [0, 0.1) is 0 Å². The molecule has 1 atom stereocenters. The summed E-state index contributed by atoms with van der Waals surface area (Å²) in [7, 11) is 0.822. The number of aromatic hydroxyl groups is 1. The molecule has 1 rings (SSSR count). The Morgan fingerprint density at radius 3 is 2.82 bits per heavy atom. The van der Waals surface area contributed by atoms with Gasteiger partial charge in [-0.25, -0.2) is 0 Å². The van der Waals surface area contributed by atoms with Crippen molar-refractivity contribution in [2.24, 2.45) is 0 Å². The lowest BCUT2D eigenvalue weighted by molar-refractivity contribution is 0.406. The minimum absolute atomic E-state index is 0.216. The molecule has 0 aromatic heterocycles. The van der Waals surface area contributed by atoms with Gasteiger partial charge in [0.15, 0.2) is 0 Å². The Balaban J connectivity index is 2.39. The maximum Gasteiger partial charge on any atom is 0.123 e. The molecule has 0 saturated heterocycles. The maximum absolute atomic E-state index is 11.2. The molecule has 0 aliphatic carbocycles. The molecule has 0 amide bonds. The number of rotatable bonds is 7. The van der Waals surface area contributed by atoms with E-state index in [4.69, 9.17) is 4.74 Å². The van der Waals surface area contributed by atoms with Crippen molar-refractivity contribution in [3.05, 3.63) is 23.8 Å². The topological polar surface area (TPSA) is 58.6 Å². The SMILES string of the molecule is CCS(=O)CCNCc1ccc(OC)cc1O. The van der Waals surface area contributed by atoms with E-state index in [2.05, 4.69) is 5.32 Å². The summed E-state index contributed by atoms with van der Waals surface area (Å²) in [6, 6.07) is 5.21. The van der Waals surface area contributed by atoms with Crippen LogP contribution in [0.1, 0.15) is 12.5 Å². The van der Waals surface area contributed by atoms with Gasteiger partial charge in [0.25, 0.3) is 0 Å². The first kappa shape index (κ1) is 14.0. The summed E-state index contributed by atoms with van der Waals surface area (Å²) in [5, 5.41) is 12.8. The molecule has 1 unspecified atom stereocenters. The fourth-order valence-electron chi connectivity index (χ4n) is 1.37. The highest BCUT2D eigenvalue weighted by Crippen LogP contribution is 2.22. The number of benzene rings is 1. The van der Waals surface area contributed by atoms with Crippen molar-refractivity contribution < 1.29 is 14.1 Å². The molecule has 0 radical (unpaired) electrons. The van der Waals surface area contributed by atoms with E-state index in [0.29, 0.717) is 30.3 Å². The smallest absolute Gasteiger partial charge is 0.123 e. The molecule has 0 heterocycles. The van der Waals surface area contributed by atoms with Crippen LogP contribution in [0.15, 0.2) is 18.2 Å². The van der Waals surface area contributed by atoms with Gasteiger partial charge in [0, 0.05) is 47.0 Å². The molecule has 17 heavy (non-hydrogen) atoms. The maximum atomic E-state index is 11.2. The standard InChI is InChI=1S/C12H19NO3S/c1-3-17(15)7-6-13-9-10-4-5-11(16-2)8-12(10)14/h4-5,8,13-14H,3,6-7,9H2,1-2H3. The Morgan fingerprint density at radius 2 is 2.24 bits per heavy atom. The van der Waals surface area contributed by atoms with E-state index >= 15 is 0 Å². The number of ether oxygens (including phenoxy) is 1. The zero-order chi connectivity index (χ0) is 12.7. The summed E-state index contributed by atoms with van der Waals surface area (Å²) >= 11 is 0. The number of methoxy groups -OCH3 is 1. The zero-order valence-corrected chi connectivity index (χ0v) is 11.0. The van der Waals surface area contributed by atoms with Gasteiger partial charge in [0.1, 0.15) is 11.5 Å². The van der Waals surface area contributed by atoms with E-state index in [0.717, 1.165) is 5.56 Å². The van der Waals surface area contributed by atoms with Crippen molar-refractivity contribution in [2.75, 3.05) is 25.2 Å². The van der Waals surface area contributed by atoms with E-state index in [1.165, 1.54) is 0 Å². The summed E-state index contributed by atoms with van der Waals surface area (Å²) in [6.07, 6.45) is 0. The monoisotopic (exact) mass is 257 g/mol. The lowest BCUT2D eigenvalue weighted by atomic mass is 10.2. The van der Waals surface area contributed by atoms with Crippen LogP contribution in [-0.2, 0) is 17.3 Å². The molecule has 5 heteroatoms. The van der Waals surface area contributed by atoms with Crippen molar-refractivity contribution in [3.8, 4) is 11.5 Å². The average Bonchev–Trinajstić information content (AvgIpc) is 2.35. The van der Waals surface area contributed by atoms with Crippen LogP contribution < -0.4 is 10.1 Å². The van der Waals surface area contributed by atoms with E-state index < -0.39 is 10.8 Å². The van der Waals surface area contributed by atoms with Crippen molar-refractivity contribution in [2.45, 2.75) is 13.5 Å². The second-order valence-corrected chi connectivity index (χ2v) is 5.47. The van der Waals surface area contributed by atoms with Gasteiger partial charge in [-0.15, -0.1) is 0 Å². The first-order valence-corrected chi connectivity index (χ1v) is 7.07. The third-order valence-electron chi connectivity index (χ3n) is 2.44. The second-order valence-electron chi connectivity index (χ2n) is 3.60.